The second kappa shape index (κ2) is 8.39. The van der Waals surface area contributed by atoms with Crippen molar-refractivity contribution in [2.24, 2.45) is 23.7 Å². The van der Waals surface area contributed by atoms with Crippen molar-refractivity contribution in [1.82, 2.24) is 5.32 Å². The molecule has 0 radical (unpaired) electrons. The molecule has 2 fully saturated rings. The van der Waals surface area contributed by atoms with Gasteiger partial charge in [0.1, 0.15) is 5.82 Å². The van der Waals surface area contributed by atoms with Crippen LogP contribution in [0.4, 0.5) is 4.39 Å². The Kier molecular flexibility index (Phi) is 6.44. The highest BCUT2D eigenvalue weighted by atomic mass is 35.5. The van der Waals surface area contributed by atoms with Crippen LogP contribution in [0, 0.1) is 36.4 Å². The lowest BCUT2D eigenvalue weighted by Gasteiger charge is -2.43. The molecule has 2 aliphatic rings. The third-order valence-corrected chi connectivity index (χ3v) is 7.30. The van der Waals surface area contributed by atoms with Crippen molar-refractivity contribution in [3.63, 3.8) is 0 Å². The third kappa shape index (κ3) is 4.22. The van der Waals surface area contributed by atoms with Crippen LogP contribution < -0.4 is 5.32 Å². The van der Waals surface area contributed by atoms with Gasteiger partial charge in [0.2, 0.25) is 0 Å². The van der Waals surface area contributed by atoms with Gasteiger partial charge in [0, 0.05) is 0 Å². The van der Waals surface area contributed by atoms with Crippen molar-refractivity contribution in [3.05, 3.63) is 34.1 Å². The number of halogens is 2. The maximum atomic E-state index is 14.3. The van der Waals surface area contributed by atoms with Crippen molar-refractivity contribution in [3.8, 4) is 0 Å². The van der Waals surface area contributed by atoms with E-state index in [1.165, 1.54) is 32.1 Å². The van der Waals surface area contributed by atoms with Gasteiger partial charge in [-0.05, 0) is 93.3 Å². The molecule has 2 aliphatic carbocycles. The van der Waals surface area contributed by atoms with Crippen molar-refractivity contribution in [2.45, 2.75) is 64.7 Å². The van der Waals surface area contributed by atoms with Gasteiger partial charge in [-0.2, -0.15) is 0 Å². The van der Waals surface area contributed by atoms with E-state index in [1.54, 1.807) is 6.92 Å². The summed E-state index contributed by atoms with van der Waals surface area (Å²) in [5.74, 6) is 3.48. The van der Waals surface area contributed by atoms with E-state index in [2.05, 4.69) is 25.4 Å². The average molecular weight is 366 g/mol. The predicted octanol–water partition coefficient (Wildman–Crippen LogP) is 6.33. The van der Waals surface area contributed by atoms with Crippen LogP contribution in [-0.4, -0.2) is 13.6 Å². The van der Waals surface area contributed by atoms with Gasteiger partial charge in [0.25, 0.3) is 0 Å². The van der Waals surface area contributed by atoms with Gasteiger partial charge in [-0.15, -0.1) is 0 Å². The van der Waals surface area contributed by atoms with Crippen molar-refractivity contribution in [2.75, 3.05) is 13.6 Å². The summed E-state index contributed by atoms with van der Waals surface area (Å²) in [6.45, 7) is 5.25. The zero-order chi connectivity index (χ0) is 18.0. The molecule has 3 unspecified atom stereocenters. The van der Waals surface area contributed by atoms with Crippen LogP contribution in [0.15, 0.2) is 12.1 Å². The molecule has 0 aromatic heterocycles. The summed E-state index contributed by atoms with van der Waals surface area (Å²) in [4.78, 5) is 0. The Balaban J connectivity index is 1.74. The highest BCUT2D eigenvalue weighted by molar-refractivity contribution is 6.31. The summed E-state index contributed by atoms with van der Waals surface area (Å²) in [7, 11) is 2.06. The first-order chi connectivity index (χ1) is 12.0. The molecule has 1 N–H and O–H groups in total. The number of aryl methyl sites for hydroxylation is 1. The van der Waals surface area contributed by atoms with Crippen LogP contribution in [0.3, 0.4) is 0 Å². The molecule has 2 saturated carbocycles. The Bertz CT molecular complexity index is 580. The first-order valence-corrected chi connectivity index (χ1v) is 10.5. The van der Waals surface area contributed by atoms with E-state index >= 15 is 0 Å². The molecule has 25 heavy (non-hydrogen) atoms. The van der Waals surface area contributed by atoms with E-state index in [9.17, 15) is 4.39 Å². The molecule has 3 heteroatoms. The molecular formula is C22H33ClFN. The highest BCUT2D eigenvalue weighted by Crippen LogP contribution is 2.48. The Morgan fingerprint density at radius 2 is 1.84 bits per heavy atom. The molecular weight excluding hydrogens is 333 g/mol. The normalized spacial score (nSPS) is 33.4. The Hall–Kier alpha value is -0.600. The summed E-state index contributed by atoms with van der Waals surface area (Å²) >= 11 is 6.37. The molecule has 0 aliphatic heterocycles. The van der Waals surface area contributed by atoms with E-state index in [0.717, 1.165) is 42.7 Å². The van der Waals surface area contributed by atoms with Crippen LogP contribution in [0.1, 0.15) is 68.9 Å². The predicted molar refractivity (Wildman–Crippen MR) is 105 cm³/mol. The summed E-state index contributed by atoms with van der Waals surface area (Å²) in [6.07, 6.45) is 9.14. The molecule has 1 nitrogen and oxygen atoms in total. The second-order valence-electron chi connectivity index (χ2n) is 8.61. The zero-order valence-electron chi connectivity index (χ0n) is 16.0. The molecule has 3 rings (SSSR count). The Labute approximate surface area is 157 Å². The topological polar surface area (TPSA) is 12.0 Å². The van der Waals surface area contributed by atoms with Gasteiger partial charge in [-0.1, -0.05) is 43.5 Å². The first-order valence-electron chi connectivity index (χ1n) is 10.1. The maximum Gasteiger partial charge on any atom is 0.144 e. The van der Waals surface area contributed by atoms with Gasteiger partial charge >= 0.3 is 0 Å². The summed E-state index contributed by atoms with van der Waals surface area (Å²) in [6, 6.07) is 3.95. The van der Waals surface area contributed by atoms with Crippen LogP contribution in [-0.2, 0) is 0 Å². The van der Waals surface area contributed by atoms with Crippen molar-refractivity contribution < 1.29 is 4.39 Å². The lowest BCUT2D eigenvalue weighted by Crippen LogP contribution is -2.36. The molecule has 1 aromatic carbocycles. The van der Waals surface area contributed by atoms with Crippen LogP contribution in [0.25, 0.3) is 0 Å². The number of rotatable bonds is 4. The van der Waals surface area contributed by atoms with Crippen LogP contribution in [0.2, 0.25) is 5.02 Å². The molecule has 1 aromatic rings. The van der Waals surface area contributed by atoms with E-state index in [0.29, 0.717) is 22.4 Å². The maximum absolute atomic E-state index is 14.3. The van der Waals surface area contributed by atoms with Crippen molar-refractivity contribution in [1.29, 1.82) is 0 Å². The minimum absolute atomic E-state index is 0.229. The lowest BCUT2D eigenvalue weighted by atomic mass is 9.63. The average Bonchev–Trinajstić information content (AvgIpc) is 2.61. The fourth-order valence-electron chi connectivity index (χ4n) is 5.38. The third-order valence-electron chi connectivity index (χ3n) is 6.92. The van der Waals surface area contributed by atoms with Gasteiger partial charge in [0.05, 0.1) is 5.02 Å². The largest absolute Gasteiger partial charge is 0.319 e. The van der Waals surface area contributed by atoms with Gasteiger partial charge < -0.3 is 5.32 Å². The molecule has 140 valence electrons. The van der Waals surface area contributed by atoms with E-state index in [1.807, 2.05) is 6.07 Å². The standard InChI is InChI=1S/C22H33ClFN/c1-14-4-7-16(8-5-14)19-11-9-17(12-18(19)13-25-3)20-10-6-15(2)22(24)21(20)23/h6,10,14,16-19,25H,4-5,7-9,11-13H2,1-3H3. The zero-order valence-corrected chi connectivity index (χ0v) is 16.7. The highest BCUT2D eigenvalue weighted by Gasteiger charge is 2.37. The van der Waals surface area contributed by atoms with Gasteiger partial charge in [-0.3, -0.25) is 0 Å². The quantitative estimate of drug-likeness (QED) is 0.657. The monoisotopic (exact) mass is 365 g/mol. The number of benzene rings is 1. The molecule has 3 atom stereocenters. The fraction of sp³-hybridized carbons (Fsp3) is 0.727. The number of hydrogen-bond donors (Lipinski definition) is 1. The molecule has 0 heterocycles. The molecule has 0 spiro atoms. The van der Waals surface area contributed by atoms with E-state index < -0.39 is 0 Å². The Morgan fingerprint density at radius 1 is 1.12 bits per heavy atom. The minimum Gasteiger partial charge on any atom is -0.319 e. The van der Waals surface area contributed by atoms with Gasteiger partial charge in [-0.25, -0.2) is 4.39 Å². The fourth-order valence-corrected chi connectivity index (χ4v) is 5.74. The number of hydrogen-bond acceptors (Lipinski definition) is 1. The van der Waals surface area contributed by atoms with Crippen molar-refractivity contribution >= 4 is 11.6 Å². The van der Waals surface area contributed by atoms with E-state index in [4.69, 9.17) is 11.6 Å². The van der Waals surface area contributed by atoms with Gasteiger partial charge in [0.15, 0.2) is 0 Å². The second-order valence-corrected chi connectivity index (χ2v) is 8.99. The summed E-state index contributed by atoms with van der Waals surface area (Å²) < 4.78 is 14.3. The lowest BCUT2D eigenvalue weighted by molar-refractivity contribution is 0.106. The molecule has 0 saturated heterocycles. The van der Waals surface area contributed by atoms with Crippen LogP contribution >= 0.6 is 11.6 Å². The van der Waals surface area contributed by atoms with E-state index in [-0.39, 0.29) is 5.82 Å². The smallest absolute Gasteiger partial charge is 0.144 e. The molecule has 0 bridgehead atoms. The minimum atomic E-state index is -0.229. The first kappa shape index (κ1) is 19.2. The SMILES string of the molecule is CNCC1CC(c2ccc(C)c(F)c2Cl)CCC1C1CCC(C)CC1. The van der Waals surface area contributed by atoms with Crippen LogP contribution in [0.5, 0.6) is 0 Å². The molecule has 0 amide bonds. The Morgan fingerprint density at radius 3 is 2.52 bits per heavy atom. The number of nitrogens with one attached hydrogen (secondary N) is 1. The summed E-state index contributed by atoms with van der Waals surface area (Å²) in [5, 5.41) is 3.77. The summed E-state index contributed by atoms with van der Waals surface area (Å²) in [5.41, 5.74) is 1.67.